The van der Waals surface area contributed by atoms with Gasteiger partial charge in [0.05, 0.1) is 11.6 Å². The van der Waals surface area contributed by atoms with Crippen molar-refractivity contribution in [3.63, 3.8) is 0 Å². The lowest BCUT2D eigenvalue weighted by molar-refractivity contribution is -0.122. The minimum atomic E-state index is -0.0901. The number of nitrogens with zero attached hydrogens (tertiary/aromatic N) is 1. The Morgan fingerprint density at radius 3 is 2.70 bits per heavy atom. The summed E-state index contributed by atoms with van der Waals surface area (Å²) in [5.74, 6) is 0.776. The van der Waals surface area contributed by atoms with Crippen LogP contribution < -0.4 is 5.32 Å². The number of nitrogens with one attached hydrogen (secondary N) is 1. The molecule has 4 heteroatoms. The molecule has 0 saturated carbocycles. The summed E-state index contributed by atoms with van der Waals surface area (Å²) in [6.07, 6.45) is 1.45. The SMILES string of the molecule is CC[C@@H](C(=O)NCCc1cc(C)no1)c1ccccc1. The normalized spacial score (nSPS) is 12.1. The third kappa shape index (κ3) is 3.70. The zero-order valence-electron chi connectivity index (χ0n) is 11.9. The fourth-order valence-corrected chi connectivity index (χ4v) is 2.22. The summed E-state index contributed by atoms with van der Waals surface area (Å²) in [6, 6.07) is 11.8. The molecule has 4 nitrogen and oxygen atoms in total. The lowest BCUT2D eigenvalue weighted by atomic mass is 9.96. The molecule has 20 heavy (non-hydrogen) atoms. The van der Waals surface area contributed by atoms with E-state index in [0.29, 0.717) is 13.0 Å². The monoisotopic (exact) mass is 272 g/mol. The number of hydrogen-bond acceptors (Lipinski definition) is 3. The average molecular weight is 272 g/mol. The topological polar surface area (TPSA) is 55.1 Å². The van der Waals surface area contributed by atoms with Crippen LogP contribution in [-0.4, -0.2) is 17.6 Å². The first-order valence-corrected chi connectivity index (χ1v) is 6.95. The summed E-state index contributed by atoms with van der Waals surface area (Å²) in [7, 11) is 0. The molecular formula is C16H20N2O2. The summed E-state index contributed by atoms with van der Waals surface area (Å²) in [5, 5.41) is 6.79. The molecule has 0 saturated heterocycles. The second-order valence-electron chi connectivity index (χ2n) is 4.85. The van der Waals surface area contributed by atoms with E-state index in [1.807, 2.05) is 50.2 Å². The molecule has 1 heterocycles. The molecule has 1 aromatic carbocycles. The van der Waals surface area contributed by atoms with Crippen LogP contribution in [0.2, 0.25) is 0 Å². The highest BCUT2D eigenvalue weighted by Gasteiger charge is 2.17. The largest absolute Gasteiger partial charge is 0.361 e. The summed E-state index contributed by atoms with van der Waals surface area (Å²) in [4.78, 5) is 12.2. The second-order valence-corrected chi connectivity index (χ2v) is 4.85. The molecule has 1 atom stereocenters. The zero-order valence-corrected chi connectivity index (χ0v) is 11.9. The average Bonchev–Trinajstić information content (AvgIpc) is 2.86. The first-order chi connectivity index (χ1) is 9.70. The van der Waals surface area contributed by atoms with Gasteiger partial charge in [-0.25, -0.2) is 0 Å². The maximum Gasteiger partial charge on any atom is 0.227 e. The minimum absolute atomic E-state index is 0.0648. The quantitative estimate of drug-likeness (QED) is 0.879. The molecule has 1 N–H and O–H groups in total. The predicted octanol–water partition coefficient (Wildman–Crippen LogP) is 2.84. The number of rotatable bonds is 6. The Morgan fingerprint density at radius 1 is 1.35 bits per heavy atom. The Kier molecular flexibility index (Phi) is 4.93. The Morgan fingerprint density at radius 2 is 2.10 bits per heavy atom. The van der Waals surface area contributed by atoms with Gasteiger partial charge in [-0.05, 0) is 18.9 Å². The zero-order chi connectivity index (χ0) is 14.4. The van der Waals surface area contributed by atoms with Crippen LogP contribution in [-0.2, 0) is 11.2 Å². The summed E-state index contributed by atoms with van der Waals surface area (Å²) in [5.41, 5.74) is 1.92. The van der Waals surface area contributed by atoms with E-state index in [2.05, 4.69) is 10.5 Å². The molecule has 0 aliphatic heterocycles. The second kappa shape index (κ2) is 6.89. The maximum absolute atomic E-state index is 12.2. The molecule has 0 aliphatic rings. The summed E-state index contributed by atoms with van der Waals surface area (Å²) >= 11 is 0. The molecule has 0 aliphatic carbocycles. The van der Waals surface area contributed by atoms with Crippen LogP contribution in [0.15, 0.2) is 40.9 Å². The standard InChI is InChI=1S/C16H20N2O2/c1-3-15(13-7-5-4-6-8-13)16(19)17-10-9-14-11-12(2)18-20-14/h4-8,11,15H,3,9-10H2,1-2H3,(H,17,19)/t15-/m1/s1. The Balaban J connectivity index is 1.87. The van der Waals surface area contributed by atoms with E-state index in [9.17, 15) is 4.79 Å². The first-order valence-electron chi connectivity index (χ1n) is 6.95. The van der Waals surface area contributed by atoms with E-state index in [0.717, 1.165) is 23.4 Å². The molecule has 0 bridgehead atoms. The number of aryl methyl sites for hydroxylation is 1. The Hall–Kier alpha value is -2.10. The third-order valence-electron chi connectivity index (χ3n) is 3.27. The van der Waals surface area contributed by atoms with Gasteiger partial charge in [0.25, 0.3) is 0 Å². The fraction of sp³-hybridized carbons (Fsp3) is 0.375. The van der Waals surface area contributed by atoms with E-state index in [4.69, 9.17) is 4.52 Å². The van der Waals surface area contributed by atoms with E-state index >= 15 is 0 Å². The number of aromatic nitrogens is 1. The van der Waals surface area contributed by atoms with Crippen LogP contribution in [0.3, 0.4) is 0 Å². The number of carbonyl (C=O) groups is 1. The molecule has 2 rings (SSSR count). The summed E-state index contributed by atoms with van der Waals surface area (Å²) < 4.78 is 5.12. The van der Waals surface area contributed by atoms with E-state index in [1.165, 1.54) is 0 Å². The molecule has 1 amide bonds. The van der Waals surface area contributed by atoms with Crippen molar-refractivity contribution in [1.82, 2.24) is 10.5 Å². The van der Waals surface area contributed by atoms with Crippen molar-refractivity contribution in [1.29, 1.82) is 0 Å². The first kappa shape index (κ1) is 14.3. The minimum Gasteiger partial charge on any atom is -0.361 e. The van der Waals surface area contributed by atoms with Gasteiger partial charge >= 0.3 is 0 Å². The van der Waals surface area contributed by atoms with Crippen molar-refractivity contribution in [3.05, 3.63) is 53.4 Å². The van der Waals surface area contributed by atoms with Crippen LogP contribution in [0.4, 0.5) is 0 Å². The van der Waals surface area contributed by atoms with Crippen LogP contribution in [0.5, 0.6) is 0 Å². The molecule has 0 radical (unpaired) electrons. The molecule has 2 aromatic rings. The van der Waals surface area contributed by atoms with Crippen molar-refractivity contribution < 1.29 is 9.32 Å². The van der Waals surface area contributed by atoms with Crippen molar-refractivity contribution in [3.8, 4) is 0 Å². The number of hydrogen-bond donors (Lipinski definition) is 1. The van der Waals surface area contributed by atoms with Gasteiger partial charge in [0, 0.05) is 19.0 Å². The van der Waals surface area contributed by atoms with Crippen LogP contribution in [0, 0.1) is 6.92 Å². The van der Waals surface area contributed by atoms with Gasteiger partial charge in [0.2, 0.25) is 5.91 Å². The van der Waals surface area contributed by atoms with Crippen molar-refractivity contribution >= 4 is 5.91 Å². The highest BCUT2D eigenvalue weighted by atomic mass is 16.5. The highest BCUT2D eigenvalue weighted by Crippen LogP contribution is 2.19. The number of benzene rings is 1. The van der Waals surface area contributed by atoms with Gasteiger partial charge in [0.1, 0.15) is 5.76 Å². The van der Waals surface area contributed by atoms with Crippen LogP contribution >= 0.6 is 0 Å². The van der Waals surface area contributed by atoms with Crippen molar-refractivity contribution in [2.45, 2.75) is 32.6 Å². The van der Waals surface area contributed by atoms with Gasteiger partial charge < -0.3 is 9.84 Å². The third-order valence-corrected chi connectivity index (χ3v) is 3.27. The molecule has 0 unspecified atom stereocenters. The number of carbonyl (C=O) groups excluding carboxylic acids is 1. The van der Waals surface area contributed by atoms with Crippen molar-refractivity contribution in [2.75, 3.05) is 6.54 Å². The van der Waals surface area contributed by atoms with E-state index in [-0.39, 0.29) is 11.8 Å². The molecule has 1 aromatic heterocycles. The fourth-order valence-electron chi connectivity index (χ4n) is 2.22. The Bertz CT molecular complexity index is 549. The lowest BCUT2D eigenvalue weighted by Crippen LogP contribution is -2.30. The number of amides is 1. The van der Waals surface area contributed by atoms with Gasteiger partial charge in [-0.3, -0.25) is 4.79 Å². The van der Waals surface area contributed by atoms with Crippen LogP contribution in [0.25, 0.3) is 0 Å². The lowest BCUT2D eigenvalue weighted by Gasteiger charge is -2.15. The van der Waals surface area contributed by atoms with E-state index in [1.54, 1.807) is 0 Å². The molecule has 0 fully saturated rings. The highest BCUT2D eigenvalue weighted by molar-refractivity contribution is 5.83. The maximum atomic E-state index is 12.2. The Labute approximate surface area is 119 Å². The van der Waals surface area contributed by atoms with Gasteiger partial charge in [-0.1, -0.05) is 42.4 Å². The van der Waals surface area contributed by atoms with Crippen LogP contribution in [0.1, 0.15) is 36.3 Å². The predicted molar refractivity (Wildman–Crippen MR) is 77.4 cm³/mol. The smallest absolute Gasteiger partial charge is 0.227 e. The summed E-state index contributed by atoms with van der Waals surface area (Å²) in [6.45, 7) is 4.47. The van der Waals surface area contributed by atoms with Gasteiger partial charge in [-0.2, -0.15) is 0 Å². The van der Waals surface area contributed by atoms with Gasteiger partial charge in [0.15, 0.2) is 0 Å². The van der Waals surface area contributed by atoms with Gasteiger partial charge in [-0.15, -0.1) is 0 Å². The molecular weight excluding hydrogens is 252 g/mol. The van der Waals surface area contributed by atoms with Crippen molar-refractivity contribution in [2.24, 2.45) is 0 Å². The molecule has 0 spiro atoms. The molecule has 106 valence electrons. The van der Waals surface area contributed by atoms with E-state index < -0.39 is 0 Å².